The SMILES string of the molecule is CC(=O)OCC(OCC1(c2ccccc2)CCNCC1)c1cc(C(F)(F)F)cc(C(F)(F)F)c1. The number of carbonyl (C=O) groups excluding carboxylic acids is 1. The van der Waals surface area contributed by atoms with E-state index < -0.39 is 47.6 Å². The van der Waals surface area contributed by atoms with Gasteiger partial charge in [-0.1, -0.05) is 30.3 Å². The lowest BCUT2D eigenvalue weighted by molar-refractivity contribution is -0.148. The lowest BCUT2D eigenvalue weighted by atomic mass is 9.74. The zero-order valence-electron chi connectivity index (χ0n) is 18.4. The third kappa shape index (κ3) is 6.50. The van der Waals surface area contributed by atoms with E-state index in [2.05, 4.69) is 5.32 Å². The molecule has 1 unspecified atom stereocenters. The van der Waals surface area contributed by atoms with E-state index in [9.17, 15) is 31.1 Å². The fourth-order valence-corrected chi connectivity index (χ4v) is 4.07. The van der Waals surface area contributed by atoms with Crippen LogP contribution in [0.5, 0.6) is 0 Å². The molecule has 4 nitrogen and oxygen atoms in total. The first-order valence-corrected chi connectivity index (χ1v) is 10.7. The van der Waals surface area contributed by atoms with E-state index in [-0.39, 0.29) is 18.2 Å². The quantitative estimate of drug-likeness (QED) is 0.403. The van der Waals surface area contributed by atoms with Crippen molar-refractivity contribution in [2.45, 2.75) is 43.6 Å². The van der Waals surface area contributed by atoms with Gasteiger partial charge in [0.2, 0.25) is 0 Å². The van der Waals surface area contributed by atoms with Gasteiger partial charge < -0.3 is 14.8 Å². The van der Waals surface area contributed by atoms with Crippen LogP contribution in [0, 0.1) is 0 Å². The Kier molecular flexibility index (Phi) is 7.92. The Labute approximate surface area is 193 Å². The summed E-state index contributed by atoms with van der Waals surface area (Å²) in [5.41, 5.74) is -2.79. The largest absolute Gasteiger partial charge is 0.463 e. The highest BCUT2D eigenvalue weighted by Crippen LogP contribution is 2.39. The number of esters is 1. The molecule has 10 heteroatoms. The van der Waals surface area contributed by atoms with E-state index in [1.165, 1.54) is 0 Å². The molecule has 1 fully saturated rings. The molecule has 1 saturated heterocycles. The highest BCUT2D eigenvalue weighted by molar-refractivity contribution is 5.65. The summed E-state index contributed by atoms with van der Waals surface area (Å²) in [6.07, 6.45) is -9.99. The molecule has 186 valence electrons. The zero-order chi connectivity index (χ0) is 25.0. The number of carbonyl (C=O) groups is 1. The summed E-state index contributed by atoms with van der Waals surface area (Å²) < 4.78 is 91.2. The summed E-state index contributed by atoms with van der Waals surface area (Å²) in [6, 6.07) is 10.7. The van der Waals surface area contributed by atoms with Crippen LogP contribution in [0.3, 0.4) is 0 Å². The van der Waals surface area contributed by atoms with Crippen molar-refractivity contribution in [2.75, 3.05) is 26.3 Å². The van der Waals surface area contributed by atoms with Crippen molar-refractivity contribution in [3.8, 4) is 0 Å². The Bertz CT molecular complexity index is 937. The average Bonchev–Trinajstić information content (AvgIpc) is 2.78. The fourth-order valence-electron chi connectivity index (χ4n) is 4.07. The number of piperidine rings is 1. The minimum Gasteiger partial charge on any atom is -0.463 e. The van der Waals surface area contributed by atoms with Crippen molar-refractivity contribution in [1.29, 1.82) is 0 Å². The van der Waals surface area contributed by atoms with Gasteiger partial charge in [-0.3, -0.25) is 4.79 Å². The Morgan fingerprint density at radius 2 is 1.53 bits per heavy atom. The molecular weight excluding hydrogens is 464 g/mol. The van der Waals surface area contributed by atoms with Gasteiger partial charge in [0.15, 0.2) is 0 Å². The molecule has 1 aliphatic rings. The number of halogens is 6. The summed E-state index contributed by atoms with van der Waals surface area (Å²) in [4.78, 5) is 11.4. The Hall–Kier alpha value is -2.59. The third-order valence-corrected chi connectivity index (χ3v) is 5.93. The minimum atomic E-state index is -5.00. The van der Waals surface area contributed by atoms with Crippen LogP contribution in [0.2, 0.25) is 0 Å². The average molecular weight is 489 g/mol. The van der Waals surface area contributed by atoms with Crippen molar-refractivity contribution < 1.29 is 40.6 Å². The third-order valence-electron chi connectivity index (χ3n) is 5.93. The summed E-state index contributed by atoms with van der Waals surface area (Å²) in [5.74, 6) is -0.726. The standard InChI is InChI=1S/C24H25F6NO3/c1-16(32)33-14-21(17-11-19(23(25,26)27)13-20(12-17)24(28,29)30)34-15-22(7-9-31-10-8-22)18-5-3-2-4-6-18/h2-6,11-13,21,31H,7-10,14-15H2,1H3. The molecular formula is C24H25F6NO3. The summed E-state index contributed by atoms with van der Waals surface area (Å²) in [5, 5.41) is 3.24. The van der Waals surface area contributed by atoms with Crippen LogP contribution in [-0.2, 0) is 32.0 Å². The smallest absolute Gasteiger partial charge is 0.416 e. The second-order valence-electron chi connectivity index (χ2n) is 8.34. The maximum absolute atomic E-state index is 13.4. The first-order chi connectivity index (χ1) is 15.9. The highest BCUT2D eigenvalue weighted by Gasteiger charge is 2.39. The highest BCUT2D eigenvalue weighted by atomic mass is 19.4. The van der Waals surface area contributed by atoms with Gasteiger partial charge in [-0.05, 0) is 55.3 Å². The maximum Gasteiger partial charge on any atom is 0.416 e. The lowest BCUT2D eigenvalue weighted by Gasteiger charge is -2.39. The van der Waals surface area contributed by atoms with E-state index >= 15 is 0 Å². The summed E-state index contributed by atoms with van der Waals surface area (Å²) in [6.45, 7) is 1.96. The Morgan fingerprint density at radius 3 is 2.03 bits per heavy atom. The monoisotopic (exact) mass is 489 g/mol. The molecule has 0 radical (unpaired) electrons. The first-order valence-electron chi connectivity index (χ1n) is 10.7. The van der Waals surface area contributed by atoms with Crippen LogP contribution in [0.25, 0.3) is 0 Å². The number of nitrogens with one attached hydrogen (secondary N) is 1. The van der Waals surface area contributed by atoms with Crippen molar-refractivity contribution in [1.82, 2.24) is 5.32 Å². The fraction of sp³-hybridized carbons (Fsp3) is 0.458. The molecule has 1 heterocycles. The minimum absolute atomic E-state index is 0.0300. The molecule has 1 N–H and O–H groups in total. The number of rotatable bonds is 7. The molecule has 34 heavy (non-hydrogen) atoms. The summed E-state index contributed by atoms with van der Waals surface area (Å²) >= 11 is 0. The maximum atomic E-state index is 13.4. The molecule has 1 aliphatic heterocycles. The van der Waals surface area contributed by atoms with E-state index in [4.69, 9.17) is 9.47 Å². The van der Waals surface area contributed by atoms with Crippen molar-refractivity contribution in [3.05, 3.63) is 70.8 Å². The number of hydrogen-bond acceptors (Lipinski definition) is 4. The van der Waals surface area contributed by atoms with E-state index in [1.807, 2.05) is 30.3 Å². The normalized spacial score (nSPS) is 17.3. The first kappa shape index (κ1) is 26.0. The molecule has 0 saturated carbocycles. The molecule has 0 spiro atoms. The van der Waals surface area contributed by atoms with Crippen LogP contribution in [0.15, 0.2) is 48.5 Å². The van der Waals surface area contributed by atoms with Crippen LogP contribution >= 0.6 is 0 Å². The second-order valence-corrected chi connectivity index (χ2v) is 8.34. The Balaban J connectivity index is 1.98. The second kappa shape index (κ2) is 10.4. The van der Waals surface area contributed by atoms with Gasteiger partial charge in [0, 0.05) is 12.3 Å². The molecule has 2 aromatic rings. The lowest BCUT2D eigenvalue weighted by Crippen LogP contribution is -2.43. The van der Waals surface area contributed by atoms with Crippen molar-refractivity contribution in [3.63, 3.8) is 0 Å². The van der Waals surface area contributed by atoms with E-state index in [0.717, 1.165) is 12.5 Å². The Morgan fingerprint density at radius 1 is 0.971 bits per heavy atom. The van der Waals surface area contributed by atoms with Gasteiger partial charge >= 0.3 is 18.3 Å². The predicted molar refractivity (Wildman–Crippen MR) is 112 cm³/mol. The molecule has 2 aromatic carbocycles. The molecule has 0 bridgehead atoms. The van der Waals surface area contributed by atoms with Crippen LogP contribution < -0.4 is 5.32 Å². The number of hydrogen-bond donors (Lipinski definition) is 1. The van der Waals surface area contributed by atoms with Gasteiger partial charge in [-0.15, -0.1) is 0 Å². The molecule has 0 amide bonds. The summed E-state index contributed by atoms with van der Waals surface area (Å²) in [7, 11) is 0. The van der Waals surface area contributed by atoms with Crippen molar-refractivity contribution in [2.24, 2.45) is 0 Å². The number of alkyl halides is 6. The van der Waals surface area contributed by atoms with Gasteiger partial charge in [-0.2, -0.15) is 26.3 Å². The molecule has 0 aliphatic carbocycles. The van der Waals surface area contributed by atoms with E-state index in [1.54, 1.807) is 0 Å². The van der Waals surface area contributed by atoms with Crippen LogP contribution in [-0.4, -0.2) is 32.3 Å². The van der Waals surface area contributed by atoms with Gasteiger partial charge in [0.1, 0.15) is 12.7 Å². The van der Waals surface area contributed by atoms with Crippen molar-refractivity contribution >= 4 is 5.97 Å². The number of benzene rings is 2. The topological polar surface area (TPSA) is 47.6 Å². The molecule has 3 rings (SSSR count). The van der Waals surface area contributed by atoms with Crippen LogP contribution in [0.4, 0.5) is 26.3 Å². The molecule has 0 aromatic heterocycles. The van der Waals surface area contributed by atoms with E-state index in [0.29, 0.717) is 38.1 Å². The molecule has 1 atom stereocenters. The van der Waals surface area contributed by atoms with Crippen LogP contribution in [0.1, 0.15) is 48.1 Å². The van der Waals surface area contributed by atoms with Gasteiger partial charge in [0.25, 0.3) is 0 Å². The predicted octanol–water partition coefficient (Wildman–Crippen LogP) is 5.67. The van der Waals surface area contributed by atoms with Gasteiger partial charge in [0.05, 0.1) is 17.7 Å². The number of ether oxygens (including phenoxy) is 2. The van der Waals surface area contributed by atoms with Gasteiger partial charge in [-0.25, -0.2) is 0 Å². The zero-order valence-corrected chi connectivity index (χ0v) is 18.4.